The molecule has 1 aliphatic rings. The van der Waals surface area contributed by atoms with Gasteiger partial charge in [0.25, 0.3) is 0 Å². The zero-order valence-corrected chi connectivity index (χ0v) is 10.1. The van der Waals surface area contributed by atoms with Gasteiger partial charge in [-0.1, -0.05) is 30.3 Å². The van der Waals surface area contributed by atoms with Crippen molar-refractivity contribution >= 4 is 17.6 Å². The summed E-state index contributed by atoms with van der Waals surface area (Å²) < 4.78 is 0. The molecule has 1 aliphatic heterocycles. The average Bonchev–Trinajstić information content (AvgIpc) is 2.55. The molecule has 1 aromatic carbocycles. The van der Waals surface area contributed by atoms with E-state index in [0.29, 0.717) is 18.4 Å². The number of imide groups is 1. The maximum absolute atomic E-state index is 12.0. The van der Waals surface area contributed by atoms with Gasteiger partial charge >= 0.3 is 0 Å². The summed E-state index contributed by atoms with van der Waals surface area (Å²) in [5.74, 6) is -0.664. The fourth-order valence-corrected chi connectivity index (χ4v) is 2.00. The quantitative estimate of drug-likeness (QED) is 0.602. The molecular weight excluding hydrogens is 230 g/mol. The molecule has 2 rings (SSSR count). The van der Waals surface area contributed by atoms with Crippen LogP contribution in [0.5, 0.6) is 0 Å². The third-order valence-corrected chi connectivity index (χ3v) is 3.03. The number of hydrogen-bond acceptors (Lipinski definition) is 3. The van der Waals surface area contributed by atoms with Crippen LogP contribution in [0.3, 0.4) is 0 Å². The lowest BCUT2D eigenvalue weighted by Gasteiger charge is -2.17. The predicted molar refractivity (Wildman–Crippen MR) is 66.0 cm³/mol. The lowest BCUT2D eigenvalue weighted by Crippen LogP contribution is -2.39. The van der Waals surface area contributed by atoms with Crippen LogP contribution in [0.2, 0.25) is 0 Å². The number of carbonyl (C=O) groups excluding carboxylic acids is 3. The van der Waals surface area contributed by atoms with Crippen LogP contribution in [0.25, 0.3) is 0 Å². The molecule has 0 radical (unpaired) electrons. The maximum atomic E-state index is 12.0. The van der Waals surface area contributed by atoms with Crippen LogP contribution in [0.15, 0.2) is 30.3 Å². The van der Waals surface area contributed by atoms with Gasteiger partial charge in [0.05, 0.1) is 6.54 Å². The van der Waals surface area contributed by atoms with E-state index in [-0.39, 0.29) is 24.1 Å². The van der Waals surface area contributed by atoms with Gasteiger partial charge in [0.15, 0.2) is 5.78 Å². The lowest BCUT2D eigenvalue weighted by molar-refractivity contribution is -0.143. The minimum Gasteiger partial charge on any atom is -0.292 e. The minimum absolute atomic E-state index is 0.137. The Morgan fingerprint density at radius 2 is 1.56 bits per heavy atom. The molecule has 4 nitrogen and oxygen atoms in total. The predicted octanol–water partition coefficient (Wildman–Crippen LogP) is 1.80. The van der Waals surface area contributed by atoms with E-state index in [4.69, 9.17) is 0 Å². The van der Waals surface area contributed by atoms with Gasteiger partial charge in [-0.15, -0.1) is 0 Å². The molecule has 2 amide bonds. The highest BCUT2D eigenvalue weighted by Crippen LogP contribution is 2.13. The van der Waals surface area contributed by atoms with Gasteiger partial charge in [0, 0.05) is 18.4 Å². The molecule has 0 N–H and O–H groups in total. The normalized spacial score (nSPS) is 16.6. The zero-order valence-electron chi connectivity index (χ0n) is 10.1. The van der Waals surface area contributed by atoms with E-state index in [0.717, 1.165) is 17.7 Å². The van der Waals surface area contributed by atoms with Gasteiger partial charge in [-0.2, -0.15) is 0 Å². The Labute approximate surface area is 106 Å². The number of ketones is 1. The van der Waals surface area contributed by atoms with E-state index < -0.39 is 0 Å². The van der Waals surface area contributed by atoms with Crippen LogP contribution in [-0.2, 0) is 9.59 Å². The molecule has 0 aromatic heterocycles. The van der Waals surface area contributed by atoms with E-state index in [1.54, 1.807) is 24.3 Å². The number of Topliss-reactive ketones (excluding diaryl/α,β-unsaturated/α-hetero) is 1. The highest BCUT2D eigenvalue weighted by molar-refractivity contribution is 6.04. The molecule has 0 aliphatic carbocycles. The Balaban J connectivity index is 2.10. The highest BCUT2D eigenvalue weighted by atomic mass is 16.2. The first-order valence-corrected chi connectivity index (χ1v) is 6.10. The van der Waals surface area contributed by atoms with Crippen LogP contribution >= 0.6 is 0 Å². The smallest absolute Gasteiger partial charge is 0.229 e. The van der Waals surface area contributed by atoms with Gasteiger partial charge in [-0.3, -0.25) is 19.3 Å². The van der Waals surface area contributed by atoms with Crippen molar-refractivity contribution in [2.75, 3.05) is 6.54 Å². The Hall–Kier alpha value is -1.97. The van der Waals surface area contributed by atoms with E-state index in [9.17, 15) is 14.4 Å². The first-order chi connectivity index (χ1) is 8.68. The number of nitrogens with zero attached hydrogens (tertiary/aromatic N) is 1. The Bertz CT molecular complexity index is 449. The van der Waals surface area contributed by atoms with Gasteiger partial charge in [0.2, 0.25) is 11.8 Å². The van der Waals surface area contributed by atoms with Crippen LogP contribution in [-0.4, -0.2) is 29.0 Å². The van der Waals surface area contributed by atoms with Crippen molar-refractivity contribution in [1.29, 1.82) is 0 Å². The number of amides is 2. The molecule has 1 fully saturated rings. The van der Waals surface area contributed by atoms with Crippen molar-refractivity contribution in [2.24, 2.45) is 0 Å². The fraction of sp³-hybridized carbons (Fsp3) is 0.357. The van der Waals surface area contributed by atoms with Crippen LogP contribution in [0.1, 0.15) is 36.0 Å². The molecule has 94 valence electrons. The standard InChI is InChI=1S/C14H15NO3/c16-12(11-6-2-1-3-7-11)10-15-13(17)8-4-5-9-14(15)18/h1-3,6-7H,4-5,8-10H2. The zero-order chi connectivity index (χ0) is 13.0. The lowest BCUT2D eigenvalue weighted by atomic mass is 10.1. The largest absolute Gasteiger partial charge is 0.292 e. The molecule has 0 bridgehead atoms. The molecule has 0 unspecified atom stereocenters. The molecule has 0 atom stereocenters. The first kappa shape index (κ1) is 12.5. The molecular formula is C14H15NO3. The minimum atomic E-state index is -0.234. The summed E-state index contributed by atoms with van der Waals surface area (Å²) in [5, 5.41) is 0. The number of rotatable bonds is 3. The molecule has 1 saturated heterocycles. The van der Waals surface area contributed by atoms with Crippen molar-refractivity contribution < 1.29 is 14.4 Å². The Morgan fingerprint density at radius 3 is 2.11 bits per heavy atom. The van der Waals surface area contributed by atoms with Gasteiger partial charge in [0.1, 0.15) is 0 Å². The summed E-state index contributed by atoms with van der Waals surface area (Å²) in [4.78, 5) is 36.6. The summed E-state index contributed by atoms with van der Waals surface area (Å²) in [6.07, 6.45) is 2.16. The summed E-state index contributed by atoms with van der Waals surface area (Å²) >= 11 is 0. The van der Waals surface area contributed by atoms with Crippen LogP contribution in [0, 0.1) is 0 Å². The van der Waals surface area contributed by atoms with E-state index in [2.05, 4.69) is 0 Å². The van der Waals surface area contributed by atoms with Crippen molar-refractivity contribution in [3.05, 3.63) is 35.9 Å². The van der Waals surface area contributed by atoms with Gasteiger partial charge in [-0.05, 0) is 12.8 Å². The summed E-state index contributed by atoms with van der Waals surface area (Å²) in [7, 11) is 0. The SMILES string of the molecule is O=C(CN1C(=O)CCCCC1=O)c1ccccc1. The van der Waals surface area contributed by atoms with Crippen LogP contribution < -0.4 is 0 Å². The van der Waals surface area contributed by atoms with E-state index >= 15 is 0 Å². The Morgan fingerprint density at radius 1 is 1.00 bits per heavy atom. The van der Waals surface area contributed by atoms with Gasteiger partial charge < -0.3 is 0 Å². The molecule has 1 aromatic rings. The second-order valence-corrected chi connectivity index (χ2v) is 4.37. The van der Waals surface area contributed by atoms with Crippen molar-refractivity contribution in [1.82, 2.24) is 4.90 Å². The average molecular weight is 245 g/mol. The maximum Gasteiger partial charge on any atom is 0.229 e. The van der Waals surface area contributed by atoms with E-state index in [1.165, 1.54) is 0 Å². The molecule has 0 spiro atoms. The third-order valence-electron chi connectivity index (χ3n) is 3.03. The van der Waals surface area contributed by atoms with E-state index in [1.807, 2.05) is 6.07 Å². The fourth-order valence-electron chi connectivity index (χ4n) is 2.00. The molecule has 4 heteroatoms. The van der Waals surface area contributed by atoms with Crippen molar-refractivity contribution in [2.45, 2.75) is 25.7 Å². The first-order valence-electron chi connectivity index (χ1n) is 6.10. The number of benzene rings is 1. The number of likely N-dealkylation sites (tertiary alicyclic amines) is 1. The monoisotopic (exact) mass is 245 g/mol. The Kier molecular flexibility index (Phi) is 3.87. The highest BCUT2D eigenvalue weighted by Gasteiger charge is 2.26. The summed E-state index contributed by atoms with van der Waals surface area (Å²) in [5.41, 5.74) is 0.530. The molecule has 0 saturated carbocycles. The van der Waals surface area contributed by atoms with Crippen molar-refractivity contribution in [3.63, 3.8) is 0 Å². The summed E-state index contributed by atoms with van der Waals surface area (Å²) in [6, 6.07) is 8.72. The second-order valence-electron chi connectivity index (χ2n) is 4.37. The summed E-state index contributed by atoms with van der Waals surface area (Å²) in [6.45, 7) is -0.137. The molecule has 1 heterocycles. The topological polar surface area (TPSA) is 54.5 Å². The second kappa shape index (κ2) is 5.58. The number of carbonyl (C=O) groups is 3. The van der Waals surface area contributed by atoms with Crippen molar-refractivity contribution in [3.8, 4) is 0 Å². The van der Waals surface area contributed by atoms with Gasteiger partial charge in [-0.25, -0.2) is 0 Å². The number of hydrogen-bond donors (Lipinski definition) is 0. The molecule has 18 heavy (non-hydrogen) atoms. The van der Waals surface area contributed by atoms with Crippen LogP contribution in [0.4, 0.5) is 0 Å². The third kappa shape index (κ3) is 2.83.